The molecule has 1 atom stereocenters. The van der Waals surface area contributed by atoms with Crippen molar-refractivity contribution in [3.8, 4) is 0 Å². The first kappa shape index (κ1) is 12.2. The number of aromatic amines is 1. The Bertz CT molecular complexity index is 439. The second kappa shape index (κ2) is 4.92. The Morgan fingerprint density at radius 1 is 1.41 bits per heavy atom. The van der Waals surface area contributed by atoms with Crippen molar-refractivity contribution in [1.29, 1.82) is 0 Å². The highest BCUT2D eigenvalue weighted by Crippen LogP contribution is 2.16. The maximum atomic E-state index is 11.9. The Kier molecular flexibility index (Phi) is 3.52. The van der Waals surface area contributed by atoms with Gasteiger partial charge in [0.25, 0.3) is 5.56 Å². The minimum Gasteiger partial charge on any atom is -0.353 e. The van der Waals surface area contributed by atoms with Crippen molar-refractivity contribution in [3.63, 3.8) is 0 Å². The molecule has 0 aliphatic carbocycles. The third-order valence-corrected chi connectivity index (χ3v) is 3.36. The Labute approximate surface area is 102 Å². The van der Waals surface area contributed by atoms with E-state index in [9.17, 15) is 4.79 Å². The van der Waals surface area contributed by atoms with Gasteiger partial charge in [-0.25, -0.2) is 0 Å². The van der Waals surface area contributed by atoms with E-state index >= 15 is 0 Å². The van der Waals surface area contributed by atoms with E-state index in [1.165, 1.54) is 0 Å². The molecule has 0 radical (unpaired) electrons. The maximum absolute atomic E-state index is 11.9. The van der Waals surface area contributed by atoms with Gasteiger partial charge in [0.15, 0.2) is 0 Å². The smallest absolute Gasteiger partial charge is 0.252 e. The van der Waals surface area contributed by atoms with Crippen LogP contribution in [0.3, 0.4) is 0 Å². The molecule has 2 rings (SSSR count). The van der Waals surface area contributed by atoms with E-state index in [-0.39, 0.29) is 11.5 Å². The number of pyridine rings is 1. The molecule has 0 bridgehead atoms. The molecule has 1 fully saturated rings. The first-order valence-corrected chi connectivity index (χ1v) is 6.30. The largest absolute Gasteiger partial charge is 0.353 e. The number of hydrogen-bond acceptors (Lipinski definition) is 3. The lowest BCUT2D eigenvalue weighted by atomic mass is 10.1. The maximum Gasteiger partial charge on any atom is 0.252 e. The summed E-state index contributed by atoms with van der Waals surface area (Å²) in [6, 6.07) is 4.40. The summed E-state index contributed by atoms with van der Waals surface area (Å²) in [7, 11) is 0. The van der Waals surface area contributed by atoms with Crippen LogP contribution in [0.25, 0.3) is 0 Å². The number of aromatic nitrogens is 1. The van der Waals surface area contributed by atoms with Gasteiger partial charge in [-0.2, -0.15) is 0 Å². The number of hydrogen-bond donors (Lipinski definition) is 2. The molecule has 0 amide bonds. The Hall–Kier alpha value is -1.29. The fourth-order valence-electron chi connectivity index (χ4n) is 2.30. The van der Waals surface area contributed by atoms with Gasteiger partial charge in [0, 0.05) is 31.2 Å². The van der Waals surface area contributed by atoms with E-state index in [1.807, 2.05) is 26.0 Å². The predicted octanol–water partition coefficient (Wildman–Crippen LogP) is 1.30. The van der Waals surface area contributed by atoms with Crippen molar-refractivity contribution in [2.24, 2.45) is 0 Å². The van der Waals surface area contributed by atoms with Gasteiger partial charge < -0.3 is 15.2 Å². The SMILES string of the molecule is CC(C)c1ccc(N2CCNCC2C)[nH]c1=O. The van der Waals surface area contributed by atoms with Crippen molar-refractivity contribution in [2.75, 3.05) is 24.5 Å². The van der Waals surface area contributed by atoms with E-state index in [0.717, 1.165) is 31.0 Å². The van der Waals surface area contributed by atoms with Gasteiger partial charge in [-0.15, -0.1) is 0 Å². The van der Waals surface area contributed by atoms with Gasteiger partial charge in [0.05, 0.1) is 0 Å². The summed E-state index contributed by atoms with van der Waals surface area (Å²) in [6.45, 7) is 9.13. The van der Waals surface area contributed by atoms with Crippen LogP contribution in [0.15, 0.2) is 16.9 Å². The molecule has 1 unspecified atom stereocenters. The minimum atomic E-state index is 0.0447. The molecule has 94 valence electrons. The third-order valence-electron chi connectivity index (χ3n) is 3.36. The van der Waals surface area contributed by atoms with Gasteiger partial charge in [-0.1, -0.05) is 13.8 Å². The van der Waals surface area contributed by atoms with Gasteiger partial charge in [0.1, 0.15) is 5.82 Å². The van der Waals surface area contributed by atoms with Gasteiger partial charge in [0.2, 0.25) is 0 Å². The fourth-order valence-corrected chi connectivity index (χ4v) is 2.30. The quantitative estimate of drug-likeness (QED) is 0.812. The van der Waals surface area contributed by atoms with Crippen LogP contribution in [0.5, 0.6) is 0 Å². The topological polar surface area (TPSA) is 48.1 Å². The molecular formula is C13H21N3O. The van der Waals surface area contributed by atoms with E-state index in [1.54, 1.807) is 0 Å². The fraction of sp³-hybridized carbons (Fsp3) is 0.615. The molecule has 1 saturated heterocycles. The lowest BCUT2D eigenvalue weighted by Gasteiger charge is -2.35. The number of nitrogens with zero attached hydrogens (tertiary/aromatic N) is 1. The standard InChI is InChI=1S/C13H21N3O/c1-9(2)11-4-5-12(15-13(11)17)16-7-6-14-8-10(16)3/h4-5,9-10,14H,6-8H2,1-3H3,(H,15,17). The highest BCUT2D eigenvalue weighted by atomic mass is 16.1. The van der Waals surface area contributed by atoms with Crippen LogP contribution in [-0.4, -0.2) is 30.7 Å². The zero-order valence-electron chi connectivity index (χ0n) is 10.8. The van der Waals surface area contributed by atoms with Gasteiger partial charge in [-0.3, -0.25) is 4.79 Å². The average Bonchev–Trinajstić information content (AvgIpc) is 2.29. The summed E-state index contributed by atoms with van der Waals surface area (Å²) >= 11 is 0. The molecule has 2 heterocycles. The van der Waals surface area contributed by atoms with E-state index in [2.05, 4.69) is 22.1 Å². The first-order chi connectivity index (χ1) is 8.09. The van der Waals surface area contributed by atoms with Crippen LogP contribution in [0.2, 0.25) is 0 Å². The van der Waals surface area contributed by atoms with Crippen LogP contribution < -0.4 is 15.8 Å². The minimum absolute atomic E-state index is 0.0447. The molecule has 1 aromatic rings. The van der Waals surface area contributed by atoms with E-state index < -0.39 is 0 Å². The summed E-state index contributed by atoms with van der Waals surface area (Å²) in [4.78, 5) is 17.2. The predicted molar refractivity (Wildman–Crippen MR) is 70.8 cm³/mol. The number of rotatable bonds is 2. The molecule has 1 aromatic heterocycles. The van der Waals surface area contributed by atoms with Gasteiger partial charge in [-0.05, 0) is 25.0 Å². The van der Waals surface area contributed by atoms with E-state index in [4.69, 9.17) is 0 Å². The summed E-state index contributed by atoms with van der Waals surface area (Å²) in [5.74, 6) is 1.21. The molecule has 0 aromatic carbocycles. The Morgan fingerprint density at radius 3 is 2.76 bits per heavy atom. The first-order valence-electron chi connectivity index (χ1n) is 6.30. The zero-order chi connectivity index (χ0) is 12.4. The van der Waals surface area contributed by atoms with Crippen LogP contribution in [0.1, 0.15) is 32.3 Å². The van der Waals surface area contributed by atoms with E-state index in [0.29, 0.717) is 6.04 Å². The zero-order valence-corrected chi connectivity index (χ0v) is 10.8. The second-order valence-electron chi connectivity index (χ2n) is 5.03. The van der Waals surface area contributed by atoms with Crippen molar-refractivity contribution in [1.82, 2.24) is 10.3 Å². The normalized spacial score (nSPS) is 20.9. The Morgan fingerprint density at radius 2 is 2.18 bits per heavy atom. The number of piperazine rings is 1. The molecule has 0 spiro atoms. The molecule has 1 aliphatic heterocycles. The summed E-state index contributed by atoms with van der Waals surface area (Å²) in [6.07, 6.45) is 0. The van der Waals surface area contributed by atoms with Crippen LogP contribution in [-0.2, 0) is 0 Å². The van der Waals surface area contributed by atoms with Crippen LogP contribution in [0.4, 0.5) is 5.82 Å². The molecule has 0 saturated carbocycles. The lowest BCUT2D eigenvalue weighted by Crippen LogP contribution is -2.50. The second-order valence-corrected chi connectivity index (χ2v) is 5.03. The molecule has 2 N–H and O–H groups in total. The van der Waals surface area contributed by atoms with Crippen molar-refractivity contribution < 1.29 is 0 Å². The molecule has 17 heavy (non-hydrogen) atoms. The molecule has 4 nitrogen and oxygen atoms in total. The highest BCUT2D eigenvalue weighted by Gasteiger charge is 2.19. The Balaban J connectivity index is 2.28. The third kappa shape index (κ3) is 2.52. The number of nitrogens with one attached hydrogen (secondary N) is 2. The summed E-state index contributed by atoms with van der Waals surface area (Å²) < 4.78 is 0. The molecule has 4 heteroatoms. The summed E-state index contributed by atoms with van der Waals surface area (Å²) in [5, 5.41) is 3.34. The monoisotopic (exact) mass is 235 g/mol. The van der Waals surface area contributed by atoms with Gasteiger partial charge >= 0.3 is 0 Å². The highest BCUT2D eigenvalue weighted by molar-refractivity contribution is 5.41. The number of anilines is 1. The van der Waals surface area contributed by atoms with Crippen molar-refractivity contribution in [3.05, 3.63) is 28.0 Å². The van der Waals surface area contributed by atoms with Crippen molar-refractivity contribution >= 4 is 5.82 Å². The average molecular weight is 235 g/mol. The van der Waals surface area contributed by atoms with Crippen LogP contribution >= 0.6 is 0 Å². The van der Waals surface area contributed by atoms with Crippen LogP contribution in [0, 0.1) is 0 Å². The number of H-pyrrole nitrogens is 1. The summed E-state index contributed by atoms with van der Waals surface area (Å²) in [5.41, 5.74) is 0.903. The van der Waals surface area contributed by atoms with Crippen molar-refractivity contribution in [2.45, 2.75) is 32.7 Å². The molecule has 1 aliphatic rings. The lowest BCUT2D eigenvalue weighted by molar-refractivity contribution is 0.496. The molecular weight excluding hydrogens is 214 g/mol.